The van der Waals surface area contributed by atoms with E-state index in [-0.39, 0.29) is 44.4 Å². The number of hydrogen-bond donors (Lipinski definition) is 8. The van der Waals surface area contributed by atoms with E-state index in [1.807, 2.05) is 68.7 Å². The van der Waals surface area contributed by atoms with Crippen LogP contribution in [-0.2, 0) is 96.0 Å². The first-order valence-electron chi connectivity index (χ1n) is 24.3. The summed E-state index contributed by atoms with van der Waals surface area (Å²) in [5.41, 5.74) is 8.92. The second kappa shape index (κ2) is 30.4. The largest absolute Gasteiger partial charge is 0.412 e. The van der Waals surface area contributed by atoms with Gasteiger partial charge in [-0.2, -0.15) is 0 Å². The van der Waals surface area contributed by atoms with Gasteiger partial charge in [0, 0.05) is 103 Å². The van der Waals surface area contributed by atoms with E-state index in [1.54, 1.807) is 36.9 Å². The maximum Gasteiger partial charge on any atom is 0.329 e. The van der Waals surface area contributed by atoms with Crippen LogP contribution < -0.4 is 0 Å². The van der Waals surface area contributed by atoms with Crippen LogP contribution >= 0.6 is 30.4 Å². The van der Waals surface area contributed by atoms with Crippen molar-refractivity contribution >= 4 is 52.4 Å². The molecule has 0 bridgehead atoms. The molecular formula is C53H53N13O13P4Ru2. The van der Waals surface area contributed by atoms with Crippen molar-refractivity contribution < 1.29 is 102 Å². The fourth-order valence-corrected chi connectivity index (χ4v) is 10.8. The first-order valence-corrected chi connectivity index (χ1v) is 31.5. The number of aromatic nitrogens is 13. The summed E-state index contributed by atoms with van der Waals surface area (Å²) in [7, 11) is -12.7. The zero-order valence-electron chi connectivity index (χ0n) is 44.6. The second-order valence-corrected chi connectivity index (χ2v) is 24.6. The molecular weight excluding hydrogens is 1350 g/mol. The van der Waals surface area contributed by atoms with E-state index in [0.29, 0.717) is 56.7 Å². The van der Waals surface area contributed by atoms with E-state index in [4.69, 9.17) is 54.1 Å². The molecule has 0 radical (unpaired) electrons. The minimum atomic E-state index is -4.19. The topological polar surface area (TPSA) is 413 Å². The molecule has 10 N–H and O–H groups in total. The van der Waals surface area contributed by atoms with Gasteiger partial charge in [-0.05, 0) is 119 Å². The van der Waals surface area contributed by atoms with Crippen LogP contribution in [0, 0.1) is 0 Å². The number of benzene rings is 2. The fourth-order valence-electron chi connectivity index (χ4n) is 8.06. The number of para-hydroxylation sites is 4. The normalized spacial score (nSPS) is 11.3. The molecule has 85 heavy (non-hydrogen) atoms. The predicted molar refractivity (Wildman–Crippen MR) is 308 cm³/mol. The van der Waals surface area contributed by atoms with Gasteiger partial charge in [-0.1, -0.05) is 30.3 Å². The summed E-state index contributed by atoms with van der Waals surface area (Å²) >= 11 is 0. The first-order chi connectivity index (χ1) is 38.9. The molecule has 0 amide bonds. The predicted octanol–water partition coefficient (Wildman–Crippen LogP) is 7.29. The molecule has 0 saturated heterocycles. The van der Waals surface area contributed by atoms with E-state index in [1.165, 1.54) is 73.3 Å². The summed E-state index contributed by atoms with van der Waals surface area (Å²) in [6, 6.07) is 37.7. The number of fused-ring (bicyclic) bond motifs is 2. The zero-order chi connectivity index (χ0) is 58.7. The summed E-state index contributed by atoms with van der Waals surface area (Å²) in [6.07, 6.45) is 10.6. The monoisotopic (exact) mass is 1410 g/mol. The van der Waals surface area contributed by atoms with Gasteiger partial charge in [0.2, 0.25) is 0 Å². The third kappa shape index (κ3) is 20.7. The summed E-state index contributed by atoms with van der Waals surface area (Å²) in [4.78, 5) is 119. The van der Waals surface area contributed by atoms with Crippen molar-refractivity contribution in [3.05, 3.63) is 199 Å². The Morgan fingerprint density at radius 3 is 0.894 bits per heavy atom. The van der Waals surface area contributed by atoms with E-state index in [2.05, 4.69) is 61.1 Å². The van der Waals surface area contributed by atoms with Gasteiger partial charge in [0.25, 0.3) is 0 Å². The molecule has 0 atom stereocenters. The van der Waals surface area contributed by atoms with Gasteiger partial charge in [-0.3, -0.25) is 38.2 Å². The maximum absolute atomic E-state index is 11.0. The molecule has 0 fully saturated rings. The Morgan fingerprint density at radius 2 is 0.624 bits per heavy atom. The van der Waals surface area contributed by atoms with Crippen LogP contribution in [0.1, 0.15) is 22.3 Å². The summed E-state index contributed by atoms with van der Waals surface area (Å²) < 4.78 is 48.3. The Bertz CT molecular complexity index is 3820. The standard InChI is InChI=1S/C21H17N5.2C12H14N2O6P2.C8H6N4.H2O.2Ru/c1-25-18-12-5-3-8-14(18)23-20(25)16-10-7-11-17(22-16)21-24-15-9-4-6-13-19(15)26(21)2;2*15-21(16,17)7-9-1-3-13-11(5-9)12-6-10(2-4-14-12)8-22(18,19)20;1-3-9-7(10-4-1)8-11-5-2-6-12-8;;;/h3-13H,1-2H3;2*1-6H,7-8H2,(H2,15,16,17)(H2,18,19,20);1-6H;1H2;;. The number of nitrogens with zero attached hydrogens (tertiary/aromatic N) is 13. The van der Waals surface area contributed by atoms with Gasteiger partial charge in [-0.25, -0.2) is 34.9 Å². The van der Waals surface area contributed by atoms with Gasteiger partial charge in [0.15, 0.2) is 23.3 Å². The average Bonchev–Trinajstić information content (AvgIpc) is 3.65. The minimum absolute atomic E-state index is 0. The van der Waals surface area contributed by atoms with Crippen molar-refractivity contribution in [3.8, 4) is 57.5 Å². The van der Waals surface area contributed by atoms with Gasteiger partial charge in [0.1, 0.15) is 11.4 Å². The zero-order valence-corrected chi connectivity index (χ0v) is 51.6. The molecule has 2 aromatic carbocycles. The molecule has 0 aliphatic rings. The van der Waals surface area contributed by atoms with Gasteiger partial charge in [-0.15, -0.1) is 0 Å². The summed E-state index contributed by atoms with van der Waals surface area (Å²) in [5.74, 6) is 2.81. The van der Waals surface area contributed by atoms with Crippen molar-refractivity contribution in [2.45, 2.75) is 24.6 Å². The third-order valence-electron chi connectivity index (χ3n) is 11.5. The van der Waals surface area contributed by atoms with Gasteiger partial charge < -0.3 is 53.8 Å². The summed E-state index contributed by atoms with van der Waals surface area (Å²) in [6.45, 7) is 0. The molecule has 11 rings (SSSR count). The van der Waals surface area contributed by atoms with Crippen molar-refractivity contribution in [2.75, 3.05) is 0 Å². The Kier molecular flexibility index (Phi) is 24.7. The number of pyridine rings is 5. The molecule has 0 aliphatic carbocycles. The Hall–Kier alpha value is -6.90. The SMILES string of the molecule is Cn1c(-c2cccc(-c3nc4ccccc4n3C)n2)nc2ccccc21.O.O=P(O)(O)Cc1ccnc(-c2cc(CP(=O)(O)O)ccn2)c1.O=P(O)(O)Cc1ccnc(-c2cc(CP(=O)(O)O)ccn2)c1.[Ru].[Ru].c1cnc(-c2ncccn2)nc1. The Labute approximate surface area is 510 Å². The van der Waals surface area contributed by atoms with E-state index >= 15 is 0 Å². The van der Waals surface area contributed by atoms with Crippen molar-refractivity contribution in [1.29, 1.82) is 0 Å². The van der Waals surface area contributed by atoms with Crippen LogP contribution in [0.2, 0.25) is 0 Å². The molecule has 0 saturated carbocycles. The number of hydrogen-bond acceptors (Lipinski definition) is 15. The molecule has 0 spiro atoms. The Balaban J connectivity index is 0.000000210. The van der Waals surface area contributed by atoms with Crippen LogP contribution in [-0.4, -0.2) is 109 Å². The molecule has 0 aliphatic heterocycles. The Morgan fingerprint density at radius 1 is 0.341 bits per heavy atom. The average molecular weight is 1410 g/mol. The quantitative estimate of drug-likeness (QED) is 0.0415. The van der Waals surface area contributed by atoms with Crippen LogP contribution in [0.4, 0.5) is 0 Å². The van der Waals surface area contributed by atoms with E-state index in [0.717, 1.165) is 45.1 Å². The van der Waals surface area contributed by atoms with Crippen LogP contribution in [0.15, 0.2) is 177 Å². The van der Waals surface area contributed by atoms with Crippen molar-refractivity contribution in [3.63, 3.8) is 0 Å². The van der Waals surface area contributed by atoms with E-state index in [9.17, 15) is 18.3 Å². The van der Waals surface area contributed by atoms with E-state index < -0.39 is 55.0 Å². The number of aryl methyl sites for hydroxylation is 2. The van der Waals surface area contributed by atoms with Gasteiger partial charge in [0.05, 0.1) is 69.5 Å². The molecule has 11 aromatic rings. The third-order valence-corrected chi connectivity index (χ3v) is 14.6. The van der Waals surface area contributed by atoms with Crippen LogP contribution in [0.5, 0.6) is 0 Å². The van der Waals surface area contributed by atoms with Gasteiger partial charge >= 0.3 is 30.4 Å². The molecule has 26 nitrogen and oxygen atoms in total. The number of imidazole rings is 2. The van der Waals surface area contributed by atoms with Crippen LogP contribution in [0.25, 0.3) is 79.5 Å². The smallest absolute Gasteiger partial charge is 0.329 e. The molecule has 9 aromatic heterocycles. The molecule has 32 heteroatoms. The molecule has 9 heterocycles. The minimum Gasteiger partial charge on any atom is -0.412 e. The van der Waals surface area contributed by atoms with Crippen LogP contribution in [0.3, 0.4) is 0 Å². The van der Waals surface area contributed by atoms with Crippen molar-refractivity contribution in [2.24, 2.45) is 14.1 Å². The number of rotatable bonds is 13. The molecule has 444 valence electrons. The fraction of sp³-hybridized carbons (Fsp3) is 0.113. The maximum atomic E-state index is 11.0. The van der Waals surface area contributed by atoms with Crippen molar-refractivity contribution in [1.82, 2.24) is 64.0 Å². The second-order valence-electron chi connectivity index (χ2n) is 18.0. The summed E-state index contributed by atoms with van der Waals surface area (Å²) in [5, 5.41) is 0. The first kappa shape index (κ1) is 68.9. The molecule has 0 unspecified atom stereocenters.